The van der Waals surface area contributed by atoms with Gasteiger partial charge in [-0.2, -0.15) is 0 Å². The van der Waals surface area contributed by atoms with E-state index in [2.05, 4.69) is 131 Å². The molecule has 2 heteroatoms. The highest BCUT2D eigenvalue weighted by Gasteiger charge is 2.56. The first-order chi connectivity index (χ1) is 18.0. The summed E-state index contributed by atoms with van der Waals surface area (Å²) >= 11 is 0. The van der Waals surface area contributed by atoms with Crippen LogP contribution in [0.2, 0.25) is 5.82 Å². The Bertz CT molecular complexity index is 1590. The third-order valence-corrected chi connectivity index (χ3v) is 8.53. The van der Waals surface area contributed by atoms with E-state index in [1.807, 2.05) is 0 Å². The van der Waals surface area contributed by atoms with Crippen LogP contribution in [-0.4, -0.2) is 6.71 Å². The lowest BCUT2D eigenvalue weighted by Gasteiger charge is -2.40. The van der Waals surface area contributed by atoms with Crippen LogP contribution in [0.25, 0.3) is 22.3 Å². The van der Waals surface area contributed by atoms with Crippen LogP contribution in [-0.2, 0) is 5.41 Å². The zero-order chi connectivity index (χ0) is 25.3. The molecule has 1 nitrogen and oxygen atoms in total. The summed E-state index contributed by atoms with van der Waals surface area (Å²) < 4.78 is 7.24. The lowest BCUT2D eigenvalue weighted by Crippen LogP contribution is -2.57. The second kappa shape index (κ2) is 8.11. The van der Waals surface area contributed by atoms with E-state index in [-0.39, 0.29) is 12.6 Å². The molecular formula is C35H31BO. The molecule has 0 bridgehead atoms. The summed E-state index contributed by atoms with van der Waals surface area (Å²) in [5, 5.41) is 0. The molecule has 1 aliphatic carbocycles. The summed E-state index contributed by atoms with van der Waals surface area (Å²) in [5.41, 5.74) is 11.5. The fourth-order valence-electron chi connectivity index (χ4n) is 7.20. The Kier molecular flexibility index (Phi) is 4.92. The van der Waals surface area contributed by atoms with Crippen molar-refractivity contribution >= 4 is 17.6 Å². The molecule has 0 saturated carbocycles. The van der Waals surface area contributed by atoms with E-state index in [9.17, 15) is 0 Å². The summed E-state index contributed by atoms with van der Waals surface area (Å²) in [4.78, 5) is 0. The minimum Gasteiger partial charge on any atom is -0.464 e. The Balaban J connectivity index is 1.71. The van der Waals surface area contributed by atoms with Crippen LogP contribution in [0.4, 0.5) is 0 Å². The van der Waals surface area contributed by atoms with Crippen LogP contribution < -0.4 is 10.9 Å². The predicted octanol–water partition coefficient (Wildman–Crippen LogP) is 7.77. The van der Waals surface area contributed by atoms with Gasteiger partial charge in [0.05, 0.1) is 0 Å². The van der Waals surface area contributed by atoms with E-state index in [1.165, 1.54) is 49.9 Å². The van der Waals surface area contributed by atoms with E-state index in [0.29, 0.717) is 5.82 Å². The molecular weight excluding hydrogens is 447 g/mol. The highest BCUT2D eigenvalue weighted by atomic mass is 16.3. The van der Waals surface area contributed by atoms with Gasteiger partial charge in [0.2, 0.25) is 6.71 Å². The van der Waals surface area contributed by atoms with Crippen molar-refractivity contribution < 1.29 is 4.42 Å². The van der Waals surface area contributed by atoms with Crippen LogP contribution in [0.5, 0.6) is 0 Å². The van der Waals surface area contributed by atoms with Gasteiger partial charge in [0.25, 0.3) is 0 Å². The van der Waals surface area contributed by atoms with Crippen LogP contribution in [0.1, 0.15) is 61.8 Å². The standard InChI is InChI=1S/C35H31BO/c1-22(2)33-31(24-14-6-5-7-15-24)32-34(37-33)35(29-20-12-13-21-30(29)36(32)23(3)4)27-18-10-8-16-25(27)26-17-9-11-19-28(26)35/h5-23H,1-4H3. The minimum atomic E-state index is -0.471. The van der Waals surface area contributed by atoms with Crippen molar-refractivity contribution in [1.82, 2.24) is 0 Å². The van der Waals surface area contributed by atoms with Gasteiger partial charge in [-0.25, -0.2) is 0 Å². The molecule has 2 heterocycles. The molecule has 4 aromatic carbocycles. The van der Waals surface area contributed by atoms with Crippen molar-refractivity contribution in [3.63, 3.8) is 0 Å². The van der Waals surface area contributed by atoms with E-state index in [0.717, 1.165) is 11.5 Å². The molecule has 0 atom stereocenters. The molecule has 1 aliphatic heterocycles. The maximum Gasteiger partial charge on any atom is 0.217 e. The summed E-state index contributed by atoms with van der Waals surface area (Å²) in [6, 6.07) is 38.0. The molecule has 37 heavy (non-hydrogen) atoms. The normalized spacial score (nSPS) is 14.6. The first kappa shape index (κ1) is 22.4. The van der Waals surface area contributed by atoms with Gasteiger partial charge in [-0.1, -0.05) is 142 Å². The van der Waals surface area contributed by atoms with Gasteiger partial charge in [0.1, 0.15) is 16.9 Å². The molecule has 0 unspecified atom stereocenters. The second-order valence-electron chi connectivity index (χ2n) is 11.3. The highest BCUT2D eigenvalue weighted by molar-refractivity contribution is 6.88. The Morgan fingerprint density at radius 3 is 1.76 bits per heavy atom. The number of fused-ring (bicyclic) bond motifs is 9. The molecule has 1 spiro atoms. The van der Waals surface area contributed by atoms with Crippen molar-refractivity contribution in [2.75, 3.05) is 0 Å². The molecule has 0 amide bonds. The average Bonchev–Trinajstić information content (AvgIpc) is 3.45. The Morgan fingerprint density at radius 1 is 0.622 bits per heavy atom. The van der Waals surface area contributed by atoms with Crippen molar-refractivity contribution in [1.29, 1.82) is 0 Å². The van der Waals surface area contributed by atoms with Gasteiger partial charge in [-0.15, -0.1) is 0 Å². The van der Waals surface area contributed by atoms with Gasteiger partial charge in [0.15, 0.2) is 0 Å². The molecule has 0 fully saturated rings. The van der Waals surface area contributed by atoms with E-state index < -0.39 is 5.41 Å². The quantitative estimate of drug-likeness (QED) is 0.237. The highest BCUT2D eigenvalue weighted by Crippen LogP contribution is 2.58. The summed E-state index contributed by atoms with van der Waals surface area (Å²) in [6.45, 7) is 9.49. The number of furan rings is 1. The zero-order valence-electron chi connectivity index (χ0n) is 22.0. The smallest absolute Gasteiger partial charge is 0.217 e. The lowest BCUT2D eigenvalue weighted by molar-refractivity contribution is 0.420. The average molecular weight is 478 g/mol. The van der Waals surface area contributed by atoms with Gasteiger partial charge in [-0.05, 0) is 38.8 Å². The number of rotatable bonds is 3. The van der Waals surface area contributed by atoms with Crippen molar-refractivity contribution in [2.24, 2.45) is 0 Å². The van der Waals surface area contributed by atoms with Crippen molar-refractivity contribution in [2.45, 2.75) is 44.8 Å². The number of hydrogen-bond acceptors (Lipinski definition) is 1. The van der Waals surface area contributed by atoms with Gasteiger partial charge in [-0.3, -0.25) is 0 Å². The van der Waals surface area contributed by atoms with E-state index in [1.54, 1.807) is 0 Å². The third-order valence-electron chi connectivity index (χ3n) is 8.53. The van der Waals surface area contributed by atoms with Crippen molar-refractivity contribution in [3.05, 3.63) is 131 Å². The maximum absolute atomic E-state index is 7.24. The first-order valence-electron chi connectivity index (χ1n) is 13.6. The molecule has 0 radical (unpaired) electrons. The molecule has 180 valence electrons. The minimum absolute atomic E-state index is 0.253. The fourth-order valence-corrected chi connectivity index (χ4v) is 7.20. The third kappa shape index (κ3) is 2.87. The SMILES string of the molecule is CC(C)B1c2ccccc2C2(c3ccccc3-c3ccccc32)c2oc(C(C)C)c(-c3ccccc3)c21. The molecule has 2 aliphatic rings. The zero-order valence-corrected chi connectivity index (χ0v) is 22.0. The van der Waals surface area contributed by atoms with Crippen LogP contribution in [0.15, 0.2) is 108 Å². The summed E-state index contributed by atoms with van der Waals surface area (Å²) in [6.07, 6.45) is 0. The van der Waals surface area contributed by atoms with E-state index in [4.69, 9.17) is 4.42 Å². The van der Waals surface area contributed by atoms with Gasteiger partial charge in [0, 0.05) is 11.5 Å². The fraction of sp³-hybridized carbons (Fsp3) is 0.200. The Morgan fingerprint density at radius 2 is 1.16 bits per heavy atom. The second-order valence-corrected chi connectivity index (χ2v) is 11.3. The predicted molar refractivity (Wildman–Crippen MR) is 156 cm³/mol. The molecule has 5 aromatic rings. The van der Waals surface area contributed by atoms with Crippen LogP contribution in [0.3, 0.4) is 0 Å². The monoisotopic (exact) mass is 478 g/mol. The van der Waals surface area contributed by atoms with Gasteiger partial charge >= 0.3 is 0 Å². The molecule has 1 aromatic heterocycles. The lowest BCUT2D eigenvalue weighted by atomic mass is 9.29. The Labute approximate surface area is 220 Å². The molecule has 7 rings (SSSR count). The van der Waals surface area contributed by atoms with Gasteiger partial charge < -0.3 is 4.42 Å². The Hall–Kier alpha value is -3.78. The number of hydrogen-bond donors (Lipinski definition) is 0. The molecule has 0 N–H and O–H groups in total. The first-order valence-corrected chi connectivity index (χ1v) is 13.6. The van der Waals surface area contributed by atoms with E-state index >= 15 is 0 Å². The maximum atomic E-state index is 7.24. The van der Waals surface area contributed by atoms with Crippen molar-refractivity contribution in [3.8, 4) is 22.3 Å². The number of benzene rings is 4. The molecule has 0 saturated heterocycles. The van der Waals surface area contributed by atoms with Crippen LogP contribution in [0, 0.1) is 0 Å². The summed E-state index contributed by atoms with van der Waals surface area (Å²) in [7, 11) is 0. The largest absolute Gasteiger partial charge is 0.464 e. The summed E-state index contributed by atoms with van der Waals surface area (Å²) in [5.74, 6) is 2.89. The van der Waals surface area contributed by atoms with Crippen LogP contribution >= 0.6 is 0 Å². The topological polar surface area (TPSA) is 13.1 Å².